The van der Waals surface area contributed by atoms with Crippen LogP contribution in [0.25, 0.3) is 22.2 Å². The molecule has 4 heterocycles. The molecule has 0 aliphatic carbocycles. The van der Waals surface area contributed by atoms with Crippen molar-refractivity contribution >= 4 is 28.0 Å². The van der Waals surface area contributed by atoms with E-state index >= 15 is 0 Å². The van der Waals surface area contributed by atoms with E-state index in [4.69, 9.17) is 14.1 Å². The average Bonchev–Trinajstić information content (AvgIpc) is 3.00. The van der Waals surface area contributed by atoms with Crippen LogP contribution in [-0.2, 0) is 24.2 Å². The van der Waals surface area contributed by atoms with E-state index in [0.717, 1.165) is 53.9 Å². The Labute approximate surface area is 166 Å². The van der Waals surface area contributed by atoms with Crippen LogP contribution in [0.5, 0.6) is 0 Å². The van der Waals surface area contributed by atoms with Gasteiger partial charge in [-0.15, -0.1) is 0 Å². The Morgan fingerprint density at radius 1 is 1.14 bits per heavy atom. The lowest BCUT2D eigenvalue weighted by molar-refractivity contribution is -0.0402. The van der Waals surface area contributed by atoms with Gasteiger partial charge in [0.2, 0.25) is 5.71 Å². The Balaban J connectivity index is 2.04. The number of pyridine rings is 1. The topological polar surface area (TPSA) is 64.3 Å². The fourth-order valence-electron chi connectivity index (χ4n) is 4.17. The number of aromatic nitrogens is 3. The van der Waals surface area contributed by atoms with E-state index in [2.05, 4.69) is 56.4 Å². The quantitative estimate of drug-likeness (QED) is 0.639. The fourth-order valence-corrected chi connectivity index (χ4v) is 4.17. The standard InChI is InChI=1S/C22H30N4O2/c1-7-26(8-2)20-19-18(23-12-24-20)17-14-10-22(5,6)27-11-15(14)16(9-13(3)4)25-21(17)28-19/h12-13H,7-11H2,1-6H3. The van der Waals surface area contributed by atoms with Gasteiger partial charge in [0.1, 0.15) is 11.8 Å². The maximum absolute atomic E-state index is 6.31. The number of hydrogen-bond donors (Lipinski definition) is 0. The largest absolute Gasteiger partial charge is 0.432 e. The predicted molar refractivity (Wildman–Crippen MR) is 112 cm³/mol. The van der Waals surface area contributed by atoms with Gasteiger partial charge in [-0.1, -0.05) is 13.8 Å². The average molecular weight is 383 g/mol. The zero-order valence-corrected chi connectivity index (χ0v) is 17.8. The summed E-state index contributed by atoms with van der Waals surface area (Å²) in [5.74, 6) is 1.36. The van der Waals surface area contributed by atoms with Crippen LogP contribution in [0.2, 0.25) is 0 Å². The van der Waals surface area contributed by atoms with Crippen molar-refractivity contribution in [3.8, 4) is 0 Å². The van der Waals surface area contributed by atoms with Gasteiger partial charge in [-0.05, 0) is 45.6 Å². The molecule has 0 unspecified atom stereocenters. The van der Waals surface area contributed by atoms with Crippen LogP contribution in [-0.4, -0.2) is 33.6 Å². The summed E-state index contributed by atoms with van der Waals surface area (Å²) in [6.07, 6.45) is 3.38. The lowest BCUT2D eigenvalue weighted by atomic mass is 9.88. The molecule has 0 fully saturated rings. The number of fused-ring (bicyclic) bond motifs is 5. The van der Waals surface area contributed by atoms with Gasteiger partial charge in [0, 0.05) is 25.1 Å². The van der Waals surface area contributed by atoms with Crippen molar-refractivity contribution in [2.24, 2.45) is 5.92 Å². The summed E-state index contributed by atoms with van der Waals surface area (Å²) in [5.41, 5.74) is 5.65. The smallest absolute Gasteiger partial charge is 0.229 e. The number of nitrogens with zero attached hydrogens (tertiary/aromatic N) is 4. The molecule has 150 valence electrons. The van der Waals surface area contributed by atoms with Crippen molar-refractivity contribution in [3.05, 3.63) is 23.1 Å². The molecule has 0 N–H and O–H groups in total. The lowest BCUT2D eigenvalue weighted by Gasteiger charge is -2.33. The minimum absolute atomic E-state index is 0.214. The SMILES string of the molecule is CCN(CC)c1ncnc2c1oc1nc(CC(C)C)c3c(c12)CC(C)(C)OC3. The van der Waals surface area contributed by atoms with Gasteiger partial charge in [0.25, 0.3) is 0 Å². The molecule has 0 atom stereocenters. The van der Waals surface area contributed by atoms with Crippen molar-refractivity contribution in [1.82, 2.24) is 15.0 Å². The molecule has 0 amide bonds. The highest BCUT2D eigenvalue weighted by Crippen LogP contribution is 2.40. The van der Waals surface area contributed by atoms with Gasteiger partial charge in [-0.2, -0.15) is 0 Å². The third-order valence-electron chi connectivity index (χ3n) is 5.56. The minimum Gasteiger partial charge on any atom is -0.432 e. The first-order valence-electron chi connectivity index (χ1n) is 10.3. The molecule has 0 spiro atoms. The molecule has 0 radical (unpaired) electrons. The summed E-state index contributed by atoms with van der Waals surface area (Å²) in [6.45, 7) is 15.3. The maximum atomic E-state index is 6.31. The molecular formula is C22H30N4O2. The molecule has 1 aliphatic rings. The highest BCUT2D eigenvalue weighted by Gasteiger charge is 2.32. The Morgan fingerprint density at radius 3 is 2.57 bits per heavy atom. The molecule has 6 heteroatoms. The Bertz CT molecular complexity index is 1020. The maximum Gasteiger partial charge on any atom is 0.229 e. The fraction of sp³-hybridized carbons (Fsp3) is 0.591. The van der Waals surface area contributed by atoms with Crippen LogP contribution in [0.3, 0.4) is 0 Å². The second kappa shape index (κ2) is 6.99. The lowest BCUT2D eigenvalue weighted by Crippen LogP contribution is -2.33. The second-order valence-electron chi connectivity index (χ2n) is 8.67. The third-order valence-corrected chi connectivity index (χ3v) is 5.56. The Kier molecular flexibility index (Phi) is 4.78. The number of furan rings is 1. The van der Waals surface area contributed by atoms with E-state index in [0.29, 0.717) is 18.2 Å². The Hall–Kier alpha value is -2.21. The first-order chi connectivity index (χ1) is 13.3. The summed E-state index contributed by atoms with van der Waals surface area (Å²) in [5, 5.41) is 1.03. The summed E-state index contributed by atoms with van der Waals surface area (Å²) in [6, 6.07) is 0. The summed E-state index contributed by atoms with van der Waals surface area (Å²) in [4.78, 5) is 16.3. The van der Waals surface area contributed by atoms with Crippen molar-refractivity contribution in [2.45, 2.75) is 66.6 Å². The molecule has 4 rings (SSSR count). The van der Waals surface area contributed by atoms with Crippen molar-refractivity contribution < 1.29 is 9.15 Å². The molecule has 3 aromatic rings. The van der Waals surface area contributed by atoms with E-state index in [1.54, 1.807) is 6.33 Å². The molecule has 0 aromatic carbocycles. The second-order valence-corrected chi connectivity index (χ2v) is 8.67. The van der Waals surface area contributed by atoms with Crippen LogP contribution in [0.15, 0.2) is 10.7 Å². The molecular weight excluding hydrogens is 352 g/mol. The molecule has 3 aromatic heterocycles. The van der Waals surface area contributed by atoms with Crippen molar-refractivity contribution in [3.63, 3.8) is 0 Å². The minimum atomic E-state index is -0.214. The highest BCUT2D eigenvalue weighted by molar-refractivity contribution is 6.06. The number of hydrogen-bond acceptors (Lipinski definition) is 6. The van der Waals surface area contributed by atoms with Crippen LogP contribution in [0.1, 0.15) is 58.4 Å². The molecule has 28 heavy (non-hydrogen) atoms. The number of ether oxygens (including phenoxy) is 1. The monoisotopic (exact) mass is 382 g/mol. The number of anilines is 1. The van der Waals surface area contributed by atoms with Gasteiger partial charge in [0.15, 0.2) is 11.4 Å². The van der Waals surface area contributed by atoms with Crippen LogP contribution in [0.4, 0.5) is 5.82 Å². The first kappa shape index (κ1) is 19.1. The van der Waals surface area contributed by atoms with E-state index < -0.39 is 0 Å². The van der Waals surface area contributed by atoms with Crippen LogP contribution in [0, 0.1) is 5.92 Å². The molecule has 0 saturated heterocycles. The predicted octanol–water partition coefficient (Wildman–Crippen LogP) is 4.67. The third kappa shape index (κ3) is 3.13. The summed E-state index contributed by atoms with van der Waals surface area (Å²) < 4.78 is 12.4. The normalized spacial score (nSPS) is 16.1. The number of rotatable bonds is 5. The van der Waals surface area contributed by atoms with Gasteiger partial charge in [0.05, 0.1) is 23.3 Å². The zero-order chi connectivity index (χ0) is 20.1. The molecule has 0 saturated carbocycles. The van der Waals surface area contributed by atoms with Gasteiger partial charge >= 0.3 is 0 Å². The molecule has 1 aliphatic heterocycles. The van der Waals surface area contributed by atoms with E-state index in [-0.39, 0.29) is 5.60 Å². The van der Waals surface area contributed by atoms with E-state index in [1.807, 2.05) is 0 Å². The zero-order valence-electron chi connectivity index (χ0n) is 17.8. The Morgan fingerprint density at radius 2 is 1.89 bits per heavy atom. The van der Waals surface area contributed by atoms with Gasteiger partial charge < -0.3 is 14.1 Å². The van der Waals surface area contributed by atoms with Crippen molar-refractivity contribution in [2.75, 3.05) is 18.0 Å². The highest BCUT2D eigenvalue weighted by atomic mass is 16.5. The van der Waals surface area contributed by atoms with Crippen molar-refractivity contribution in [1.29, 1.82) is 0 Å². The summed E-state index contributed by atoms with van der Waals surface area (Å²) >= 11 is 0. The van der Waals surface area contributed by atoms with Crippen LogP contribution < -0.4 is 4.90 Å². The van der Waals surface area contributed by atoms with Crippen LogP contribution >= 0.6 is 0 Å². The first-order valence-corrected chi connectivity index (χ1v) is 10.3. The summed E-state index contributed by atoms with van der Waals surface area (Å²) in [7, 11) is 0. The van der Waals surface area contributed by atoms with Gasteiger partial charge in [-0.3, -0.25) is 0 Å². The van der Waals surface area contributed by atoms with E-state index in [1.165, 1.54) is 11.1 Å². The molecule has 6 nitrogen and oxygen atoms in total. The van der Waals surface area contributed by atoms with Gasteiger partial charge in [-0.25, -0.2) is 15.0 Å². The van der Waals surface area contributed by atoms with E-state index in [9.17, 15) is 0 Å². The molecule has 0 bridgehead atoms.